The number of nitriles is 1. The van der Waals surface area contributed by atoms with Crippen LogP contribution in [0.2, 0.25) is 0 Å². The average Bonchev–Trinajstić information content (AvgIpc) is 2.89. The molecule has 92 valence electrons. The second-order valence-corrected chi connectivity index (χ2v) is 3.90. The Bertz CT molecular complexity index is 528. The van der Waals surface area contributed by atoms with Gasteiger partial charge in [-0.1, -0.05) is 30.3 Å². The Morgan fingerprint density at radius 3 is 2.61 bits per heavy atom. The fourth-order valence-electron chi connectivity index (χ4n) is 1.73. The first-order chi connectivity index (χ1) is 8.83. The Morgan fingerprint density at radius 2 is 2.00 bits per heavy atom. The maximum absolute atomic E-state index is 9.36. The zero-order chi connectivity index (χ0) is 12.8. The maximum atomic E-state index is 9.36. The first-order valence-corrected chi connectivity index (χ1v) is 5.71. The second-order valence-electron chi connectivity index (χ2n) is 3.90. The summed E-state index contributed by atoms with van der Waals surface area (Å²) in [6.45, 7) is 0.484. The van der Waals surface area contributed by atoms with Crippen molar-refractivity contribution in [2.24, 2.45) is 0 Å². The van der Waals surface area contributed by atoms with Crippen molar-refractivity contribution in [1.29, 1.82) is 5.26 Å². The highest BCUT2D eigenvalue weighted by molar-refractivity contribution is 5.21. The van der Waals surface area contributed by atoms with Crippen LogP contribution in [-0.4, -0.2) is 11.7 Å². The molecule has 0 fully saturated rings. The second kappa shape index (κ2) is 6.01. The van der Waals surface area contributed by atoms with Gasteiger partial charge in [0.05, 0.1) is 19.2 Å². The number of aliphatic hydroxyl groups is 1. The van der Waals surface area contributed by atoms with Crippen molar-refractivity contribution in [3.05, 3.63) is 59.5 Å². The summed E-state index contributed by atoms with van der Waals surface area (Å²) < 4.78 is 5.26. The van der Waals surface area contributed by atoms with Gasteiger partial charge in [0.2, 0.25) is 5.76 Å². The van der Waals surface area contributed by atoms with Gasteiger partial charge < -0.3 is 14.8 Å². The molecule has 0 spiro atoms. The van der Waals surface area contributed by atoms with E-state index in [4.69, 9.17) is 9.68 Å². The highest BCUT2D eigenvalue weighted by Gasteiger charge is 2.10. The predicted molar refractivity (Wildman–Crippen MR) is 66.5 cm³/mol. The number of rotatable bonds is 5. The third kappa shape index (κ3) is 2.98. The number of hydrogen-bond acceptors (Lipinski definition) is 4. The van der Waals surface area contributed by atoms with Crippen LogP contribution >= 0.6 is 0 Å². The lowest BCUT2D eigenvalue weighted by atomic mass is 10.1. The number of furan rings is 1. The summed E-state index contributed by atoms with van der Waals surface area (Å²) >= 11 is 0. The Morgan fingerprint density at radius 1 is 1.22 bits per heavy atom. The molecule has 0 aliphatic rings. The van der Waals surface area contributed by atoms with E-state index in [1.165, 1.54) is 0 Å². The number of hydrogen-bond donors (Lipinski definition) is 2. The van der Waals surface area contributed by atoms with Crippen molar-refractivity contribution in [1.82, 2.24) is 5.32 Å². The van der Waals surface area contributed by atoms with E-state index in [0.717, 1.165) is 5.56 Å². The number of nitrogens with zero attached hydrogens (tertiary/aromatic N) is 1. The lowest BCUT2D eigenvalue weighted by Gasteiger charge is -2.15. The van der Waals surface area contributed by atoms with Gasteiger partial charge in [-0.15, -0.1) is 0 Å². The minimum atomic E-state index is -0.137. The van der Waals surface area contributed by atoms with Gasteiger partial charge in [-0.05, 0) is 17.7 Å². The highest BCUT2D eigenvalue weighted by Crippen LogP contribution is 2.13. The summed E-state index contributed by atoms with van der Waals surface area (Å²) in [4.78, 5) is 0. The molecule has 0 bridgehead atoms. The van der Waals surface area contributed by atoms with Gasteiger partial charge >= 0.3 is 0 Å². The standard InChI is InChI=1S/C14H14N2O2/c15-8-12-6-7-13(18-12)9-16-14(10-17)11-4-2-1-3-5-11/h1-7,14,16-17H,9-10H2. The first kappa shape index (κ1) is 12.4. The molecule has 4 nitrogen and oxygen atoms in total. The van der Waals surface area contributed by atoms with Crippen molar-refractivity contribution in [2.75, 3.05) is 6.61 Å². The van der Waals surface area contributed by atoms with E-state index < -0.39 is 0 Å². The molecule has 2 N–H and O–H groups in total. The molecule has 18 heavy (non-hydrogen) atoms. The molecular formula is C14H14N2O2. The summed E-state index contributed by atoms with van der Waals surface area (Å²) in [5.41, 5.74) is 1.02. The molecule has 2 aromatic rings. The largest absolute Gasteiger partial charge is 0.449 e. The molecule has 1 unspecified atom stereocenters. The Hall–Kier alpha value is -2.09. The van der Waals surface area contributed by atoms with E-state index in [-0.39, 0.29) is 12.6 Å². The zero-order valence-electron chi connectivity index (χ0n) is 9.84. The molecule has 0 aliphatic carbocycles. The van der Waals surface area contributed by atoms with Crippen molar-refractivity contribution in [3.63, 3.8) is 0 Å². The van der Waals surface area contributed by atoms with Gasteiger partial charge in [0.15, 0.2) is 0 Å². The number of benzene rings is 1. The molecule has 0 radical (unpaired) electrons. The smallest absolute Gasteiger partial charge is 0.203 e. The fraction of sp³-hybridized carbons (Fsp3) is 0.214. The first-order valence-electron chi connectivity index (χ1n) is 5.71. The van der Waals surface area contributed by atoms with Gasteiger partial charge in [-0.2, -0.15) is 5.26 Å². The topological polar surface area (TPSA) is 69.2 Å². The molecule has 0 aliphatic heterocycles. The fourth-order valence-corrected chi connectivity index (χ4v) is 1.73. The van der Waals surface area contributed by atoms with Crippen molar-refractivity contribution < 1.29 is 9.52 Å². The van der Waals surface area contributed by atoms with E-state index in [9.17, 15) is 5.11 Å². The minimum Gasteiger partial charge on any atom is -0.449 e. The molecule has 0 saturated carbocycles. The van der Waals surface area contributed by atoms with E-state index >= 15 is 0 Å². The van der Waals surface area contributed by atoms with E-state index in [1.54, 1.807) is 12.1 Å². The summed E-state index contributed by atoms with van der Waals surface area (Å²) in [5, 5.41) is 21.2. The molecule has 1 aromatic heterocycles. The molecule has 1 aromatic carbocycles. The van der Waals surface area contributed by atoms with Gasteiger partial charge in [0, 0.05) is 0 Å². The predicted octanol–water partition coefficient (Wildman–Crippen LogP) is 1.97. The SMILES string of the molecule is N#Cc1ccc(CNC(CO)c2ccccc2)o1. The molecule has 1 heterocycles. The van der Waals surface area contributed by atoms with Crippen LogP contribution < -0.4 is 5.32 Å². The quantitative estimate of drug-likeness (QED) is 0.841. The maximum Gasteiger partial charge on any atom is 0.203 e. The Balaban J connectivity index is 1.98. The lowest BCUT2D eigenvalue weighted by Crippen LogP contribution is -2.23. The molecular weight excluding hydrogens is 228 g/mol. The molecule has 4 heteroatoms. The van der Waals surface area contributed by atoms with Crippen molar-refractivity contribution >= 4 is 0 Å². The van der Waals surface area contributed by atoms with Crippen LogP contribution in [0.3, 0.4) is 0 Å². The number of nitrogens with one attached hydrogen (secondary N) is 1. The van der Waals surface area contributed by atoms with Gasteiger partial charge in [0.1, 0.15) is 11.8 Å². The third-order valence-electron chi connectivity index (χ3n) is 2.68. The van der Waals surface area contributed by atoms with Crippen LogP contribution in [0.5, 0.6) is 0 Å². The van der Waals surface area contributed by atoms with Crippen molar-refractivity contribution in [2.45, 2.75) is 12.6 Å². The van der Waals surface area contributed by atoms with Crippen LogP contribution in [0.1, 0.15) is 23.1 Å². The van der Waals surface area contributed by atoms with E-state index in [1.807, 2.05) is 36.4 Å². The van der Waals surface area contributed by atoms with Crippen LogP contribution in [0.4, 0.5) is 0 Å². The Labute approximate surface area is 105 Å². The van der Waals surface area contributed by atoms with Gasteiger partial charge in [0.25, 0.3) is 0 Å². The average molecular weight is 242 g/mol. The molecule has 0 saturated heterocycles. The zero-order valence-corrected chi connectivity index (χ0v) is 9.84. The van der Waals surface area contributed by atoms with Gasteiger partial charge in [-0.25, -0.2) is 0 Å². The molecule has 2 rings (SSSR count). The van der Waals surface area contributed by atoms with Crippen LogP contribution in [-0.2, 0) is 6.54 Å². The number of aliphatic hydroxyl groups excluding tert-OH is 1. The van der Waals surface area contributed by atoms with Crippen LogP contribution in [0, 0.1) is 11.3 Å². The summed E-state index contributed by atoms with van der Waals surface area (Å²) in [7, 11) is 0. The minimum absolute atomic E-state index is 0.00975. The van der Waals surface area contributed by atoms with Crippen LogP contribution in [0.25, 0.3) is 0 Å². The van der Waals surface area contributed by atoms with Crippen molar-refractivity contribution in [3.8, 4) is 6.07 Å². The highest BCUT2D eigenvalue weighted by atomic mass is 16.3. The summed E-state index contributed by atoms with van der Waals surface area (Å²) in [6, 6.07) is 14.9. The monoisotopic (exact) mass is 242 g/mol. The summed E-state index contributed by atoms with van der Waals surface area (Å²) in [5.74, 6) is 0.980. The molecule has 1 atom stereocenters. The third-order valence-corrected chi connectivity index (χ3v) is 2.68. The van der Waals surface area contributed by atoms with E-state index in [0.29, 0.717) is 18.1 Å². The van der Waals surface area contributed by atoms with Gasteiger partial charge in [-0.3, -0.25) is 0 Å². The summed E-state index contributed by atoms with van der Waals surface area (Å²) in [6.07, 6.45) is 0. The lowest BCUT2D eigenvalue weighted by molar-refractivity contribution is 0.241. The van der Waals surface area contributed by atoms with E-state index in [2.05, 4.69) is 5.32 Å². The molecule has 0 amide bonds. The normalized spacial score (nSPS) is 12.0. The van der Waals surface area contributed by atoms with Crippen LogP contribution in [0.15, 0.2) is 46.9 Å². The Kier molecular flexibility index (Phi) is 4.13.